The van der Waals surface area contributed by atoms with E-state index in [0.29, 0.717) is 43.3 Å². The zero-order valence-electron chi connectivity index (χ0n) is 14.2. The molecule has 0 aliphatic carbocycles. The number of carbonyl (C=O) groups excluding carboxylic acids is 1. The third kappa shape index (κ3) is 2.83. The lowest BCUT2D eigenvalue weighted by Crippen LogP contribution is -2.49. The minimum absolute atomic E-state index is 0.120. The van der Waals surface area contributed by atoms with Gasteiger partial charge in [-0.3, -0.25) is 4.79 Å². The Morgan fingerprint density at radius 2 is 2.04 bits per heavy atom. The summed E-state index contributed by atoms with van der Waals surface area (Å²) in [6.07, 6.45) is 2.91. The maximum Gasteiger partial charge on any atom is 0.289 e. The number of piperazine rings is 1. The van der Waals surface area contributed by atoms with Crippen LogP contribution >= 0.6 is 0 Å². The van der Waals surface area contributed by atoms with Crippen LogP contribution in [0.2, 0.25) is 0 Å². The smallest absolute Gasteiger partial charge is 0.289 e. The van der Waals surface area contributed by atoms with Crippen molar-refractivity contribution in [3.05, 3.63) is 48.4 Å². The van der Waals surface area contributed by atoms with Crippen molar-refractivity contribution in [1.29, 1.82) is 0 Å². The number of aromatic nitrogens is 2. The zero-order chi connectivity index (χ0) is 18.1. The number of benzene rings is 1. The van der Waals surface area contributed by atoms with Crippen molar-refractivity contribution < 1.29 is 18.3 Å². The van der Waals surface area contributed by atoms with Crippen LogP contribution in [0.15, 0.2) is 41.3 Å². The van der Waals surface area contributed by atoms with Crippen LogP contribution in [0.4, 0.5) is 10.2 Å². The molecule has 0 bridgehead atoms. The van der Waals surface area contributed by atoms with Crippen molar-refractivity contribution in [2.75, 3.05) is 38.2 Å². The van der Waals surface area contributed by atoms with E-state index < -0.39 is 5.82 Å². The largest absolute Gasteiger partial charge is 0.494 e. The van der Waals surface area contributed by atoms with Gasteiger partial charge in [-0.25, -0.2) is 14.4 Å². The monoisotopic (exact) mass is 356 g/mol. The molecular weight excluding hydrogens is 339 g/mol. The van der Waals surface area contributed by atoms with E-state index in [1.54, 1.807) is 23.1 Å². The lowest BCUT2D eigenvalue weighted by Gasteiger charge is -2.35. The summed E-state index contributed by atoms with van der Waals surface area (Å²) in [6, 6.07) is 6.31. The number of furan rings is 1. The number of fused-ring (bicyclic) bond motifs is 1. The van der Waals surface area contributed by atoms with E-state index in [1.165, 1.54) is 25.8 Å². The van der Waals surface area contributed by atoms with Crippen LogP contribution in [0.3, 0.4) is 0 Å². The molecule has 0 N–H and O–H groups in total. The first kappa shape index (κ1) is 16.3. The lowest BCUT2D eigenvalue weighted by molar-refractivity contribution is 0.0714. The molecule has 7 nitrogen and oxygen atoms in total. The molecule has 1 aliphatic rings. The van der Waals surface area contributed by atoms with Crippen molar-refractivity contribution in [2.45, 2.75) is 0 Å². The molecule has 3 aromatic rings. The van der Waals surface area contributed by atoms with Crippen LogP contribution in [-0.2, 0) is 0 Å². The maximum absolute atomic E-state index is 13.9. The molecule has 3 heterocycles. The van der Waals surface area contributed by atoms with Gasteiger partial charge in [-0.2, -0.15) is 0 Å². The maximum atomic E-state index is 13.9. The van der Waals surface area contributed by atoms with E-state index in [4.69, 9.17) is 9.15 Å². The number of anilines is 1. The van der Waals surface area contributed by atoms with Crippen LogP contribution in [0, 0.1) is 5.82 Å². The summed E-state index contributed by atoms with van der Waals surface area (Å²) in [4.78, 5) is 24.7. The Labute approximate surface area is 149 Å². The highest BCUT2D eigenvalue weighted by molar-refractivity contribution is 5.92. The predicted octanol–water partition coefficient (Wildman–Crippen LogP) is 2.33. The number of hydrogen-bond acceptors (Lipinski definition) is 6. The number of amides is 1. The van der Waals surface area contributed by atoms with Gasteiger partial charge in [0.1, 0.15) is 12.1 Å². The van der Waals surface area contributed by atoms with Gasteiger partial charge in [0, 0.05) is 37.6 Å². The zero-order valence-corrected chi connectivity index (χ0v) is 14.2. The molecule has 134 valence electrons. The van der Waals surface area contributed by atoms with Gasteiger partial charge in [-0.15, -0.1) is 0 Å². The molecular formula is C18H17FN4O3. The second-order valence-electron chi connectivity index (χ2n) is 5.96. The van der Waals surface area contributed by atoms with Gasteiger partial charge in [0.25, 0.3) is 5.91 Å². The Bertz CT molecular complexity index is 937. The normalized spacial score (nSPS) is 14.7. The molecule has 1 aliphatic heterocycles. The highest BCUT2D eigenvalue weighted by atomic mass is 19.1. The minimum atomic E-state index is -0.460. The first-order chi connectivity index (χ1) is 12.7. The van der Waals surface area contributed by atoms with E-state index >= 15 is 0 Å². The summed E-state index contributed by atoms with van der Waals surface area (Å²) in [6.45, 7) is 2.31. The number of ether oxygens (including phenoxy) is 1. The number of rotatable bonds is 3. The number of carbonyl (C=O) groups is 1. The fraction of sp³-hybridized carbons (Fsp3) is 0.278. The average Bonchev–Trinajstić information content (AvgIpc) is 3.21. The molecule has 2 aromatic heterocycles. The summed E-state index contributed by atoms with van der Waals surface area (Å²) < 4.78 is 24.2. The first-order valence-corrected chi connectivity index (χ1v) is 8.23. The fourth-order valence-corrected chi connectivity index (χ4v) is 3.13. The number of halogens is 1. The SMILES string of the molecule is COc1cc2c(N3CCN(C(=O)c4ccco4)CC3)ncnc2cc1F. The molecule has 0 unspecified atom stereocenters. The number of methoxy groups -OCH3 is 1. The van der Waals surface area contributed by atoms with Crippen LogP contribution in [0.1, 0.15) is 10.6 Å². The van der Waals surface area contributed by atoms with E-state index in [0.717, 1.165) is 5.39 Å². The molecule has 1 amide bonds. The molecule has 1 aromatic carbocycles. The highest BCUT2D eigenvalue weighted by Crippen LogP contribution is 2.29. The van der Waals surface area contributed by atoms with Crippen LogP contribution in [-0.4, -0.2) is 54.1 Å². The Morgan fingerprint density at radius 1 is 1.23 bits per heavy atom. The second-order valence-corrected chi connectivity index (χ2v) is 5.96. The fourth-order valence-electron chi connectivity index (χ4n) is 3.13. The molecule has 4 rings (SSSR count). The van der Waals surface area contributed by atoms with E-state index in [2.05, 4.69) is 14.9 Å². The predicted molar refractivity (Wildman–Crippen MR) is 92.9 cm³/mol. The summed E-state index contributed by atoms with van der Waals surface area (Å²) in [7, 11) is 1.42. The van der Waals surface area contributed by atoms with Gasteiger partial charge in [0.2, 0.25) is 0 Å². The lowest BCUT2D eigenvalue weighted by atomic mass is 10.2. The second kappa shape index (κ2) is 6.62. The number of nitrogens with zero attached hydrogens (tertiary/aromatic N) is 4. The summed E-state index contributed by atoms with van der Waals surface area (Å²) in [5.74, 6) is 0.620. The van der Waals surface area contributed by atoms with Gasteiger partial charge >= 0.3 is 0 Å². The van der Waals surface area contributed by atoms with Crippen LogP contribution in [0.5, 0.6) is 5.75 Å². The number of hydrogen-bond donors (Lipinski definition) is 0. The first-order valence-electron chi connectivity index (χ1n) is 8.23. The third-order valence-electron chi connectivity index (χ3n) is 4.49. The highest BCUT2D eigenvalue weighted by Gasteiger charge is 2.25. The standard InChI is InChI=1S/C18H17FN4O3/c1-25-16-9-12-14(10-13(16)19)20-11-21-17(12)22-4-6-23(7-5-22)18(24)15-3-2-8-26-15/h2-3,8-11H,4-7H2,1H3. The molecule has 8 heteroatoms. The van der Waals surface area contributed by atoms with Gasteiger partial charge in [0.05, 0.1) is 18.9 Å². The molecule has 0 saturated carbocycles. The third-order valence-corrected chi connectivity index (χ3v) is 4.49. The Kier molecular flexibility index (Phi) is 4.16. The molecule has 26 heavy (non-hydrogen) atoms. The van der Waals surface area contributed by atoms with Gasteiger partial charge in [0.15, 0.2) is 17.3 Å². The van der Waals surface area contributed by atoms with Crippen molar-refractivity contribution in [1.82, 2.24) is 14.9 Å². The Hall–Kier alpha value is -3.16. The summed E-state index contributed by atoms with van der Waals surface area (Å²) in [5.41, 5.74) is 0.516. The Balaban J connectivity index is 1.57. The van der Waals surface area contributed by atoms with Crippen LogP contribution < -0.4 is 9.64 Å². The molecule has 1 saturated heterocycles. The van der Waals surface area contributed by atoms with Crippen molar-refractivity contribution in [3.63, 3.8) is 0 Å². The summed E-state index contributed by atoms with van der Waals surface area (Å²) >= 11 is 0. The molecule has 0 atom stereocenters. The van der Waals surface area contributed by atoms with E-state index in [1.807, 2.05) is 0 Å². The van der Waals surface area contributed by atoms with Gasteiger partial charge < -0.3 is 19.0 Å². The molecule has 0 radical (unpaired) electrons. The van der Waals surface area contributed by atoms with Gasteiger partial charge in [-0.05, 0) is 18.2 Å². The van der Waals surface area contributed by atoms with Gasteiger partial charge in [-0.1, -0.05) is 0 Å². The van der Waals surface area contributed by atoms with E-state index in [-0.39, 0.29) is 11.7 Å². The molecule has 1 fully saturated rings. The molecule has 0 spiro atoms. The average molecular weight is 356 g/mol. The quantitative estimate of drug-likeness (QED) is 0.717. The summed E-state index contributed by atoms with van der Waals surface area (Å²) in [5, 5.41) is 0.719. The van der Waals surface area contributed by atoms with Crippen molar-refractivity contribution in [3.8, 4) is 5.75 Å². The van der Waals surface area contributed by atoms with Crippen LogP contribution in [0.25, 0.3) is 10.9 Å². The minimum Gasteiger partial charge on any atom is -0.494 e. The van der Waals surface area contributed by atoms with E-state index in [9.17, 15) is 9.18 Å². The topological polar surface area (TPSA) is 71.7 Å². The Morgan fingerprint density at radius 3 is 2.73 bits per heavy atom. The van der Waals surface area contributed by atoms with Crippen molar-refractivity contribution in [2.24, 2.45) is 0 Å². The van der Waals surface area contributed by atoms with Crippen molar-refractivity contribution >= 4 is 22.6 Å².